The highest BCUT2D eigenvalue weighted by atomic mass is 35.5. The Bertz CT molecular complexity index is 437. The third-order valence-electron chi connectivity index (χ3n) is 2.48. The van der Waals surface area contributed by atoms with Crippen LogP contribution >= 0.6 is 11.6 Å². The van der Waals surface area contributed by atoms with E-state index in [-0.39, 0.29) is 12.3 Å². The first-order valence-electron chi connectivity index (χ1n) is 5.46. The zero-order chi connectivity index (χ0) is 13.5. The molecule has 1 N–H and O–H groups in total. The largest absolute Gasteiger partial charge is 0.395 e. The van der Waals surface area contributed by atoms with Crippen LogP contribution in [0.25, 0.3) is 0 Å². The SMILES string of the molecule is C=CCN(CCO)Cc1c(Cl)cccc1[N+](=O)[O-]. The van der Waals surface area contributed by atoms with Crippen LogP contribution in [0, 0.1) is 10.1 Å². The molecule has 1 aromatic rings. The van der Waals surface area contributed by atoms with Gasteiger partial charge in [0.2, 0.25) is 0 Å². The number of aliphatic hydroxyl groups excluding tert-OH is 1. The Morgan fingerprint density at radius 2 is 2.28 bits per heavy atom. The molecule has 0 amide bonds. The number of halogens is 1. The van der Waals surface area contributed by atoms with Gasteiger partial charge in [-0.2, -0.15) is 0 Å². The van der Waals surface area contributed by atoms with E-state index >= 15 is 0 Å². The van der Waals surface area contributed by atoms with Crippen molar-refractivity contribution < 1.29 is 10.0 Å². The van der Waals surface area contributed by atoms with Crippen LogP contribution in [-0.4, -0.2) is 34.6 Å². The number of nitro benzene ring substituents is 1. The number of hydrogen-bond donors (Lipinski definition) is 1. The Morgan fingerprint density at radius 1 is 1.56 bits per heavy atom. The molecule has 0 aliphatic carbocycles. The number of nitrogens with zero attached hydrogens (tertiary/aromatic N) is 2. The van der Waals surface area contributed by atoms with E-state index in [1.54, 1.807) is 18.2 Å². The van der Waals surface area contributed by atoms with E-state index in [0.717, 1.165) is 0 Å². The van der Waals surface area contributed by atoms with Gasteiger partial charge in [-0.3, -0.25) is 15.0 Å². The summed E-state index contributed by atoms with van der Waals surface area (Å²) in [4.78, 5) is 12.3. The standard InChI is InChI=1S/C12H15ClN2O3/c1-2-6-14(7-8-16)9-10-11(13)4-3-5-12(10)15(17)18/h2-5,16H,1,6-9H2. The molecule has 0 saturated heterocycles. The lowest BCUT2D eigenvalue weighted by Crippen LogP contribution is -2.27. The van der Waals surface area contributed by atoms with Gasteiger partial charge in [0.1, 0.15) is 0 Å². The normalized spacial score (nSPS) is 10.6. The predicted octanol–water partition coefficient (Wildman–Crippen LogP) is 2.23. The van der Waals surface area contributed by atoms with Crippen LogP contribution in [0.3, 0.4) is 0 Å². The van der Waals surface area contributed by atoms with Gasteiger partial charge >= 0.3 is 0 Å². The smallest absolute Gasteiger partial charge is 0.275 e. The third-order valence-corrected chi connectivity index (χ3v) is 2.83. The maximum atomic E-state index is 10.9. The van der Waals surface area contributed by atoms with E-state index in [1.165, 1.54) is 6.07 Å². The molecule has 0 heterocycles. The van der Waals surface area contributed by atoms with Crippen LogP contribution in [0.2, 0.25) is 5.02 Å². The zero-order valence-corrected chi connectivity index (χ0v) is 10.6. The van der Waals surface area contributed by atoms with Crippen molar-refractivity contribution in [3.8, 4) is 0 Å². The Balaban J connectivity index is 3.00. The number of nitro groups is 1. The molecule has 98 valence electrons. The van der Waals surface area contributed by atoms with E-state index < -0.39 is 4.92 Å². The zero-order valence-electron chi connectivity index (χ0n) is 9.88. The number of hydrogen-bond acceptors (Lipinski definition) is 4. The highest BCUT2D eigenvalue weighted by Gasteiger charge is 2.18. The highest BCUT2D eigenvalue weighted by Crippen LogP contribution is 2.27. The van der Waals surface area contributed by atoms with Gasteiger partial charge in [-0.1, -0.05) is 23.7 Å². The monoisotopic (exact) mass is 270 g/mol. The lowest BCUT2D eigenvalue weighted by molar-refractivity contribution is -0.385. The molecule has 0 fully saturated rings. The quantitative estimate of drug-likeness (QED) is 0.469. The minimum absolute atomic E-state index is 0.00509. The summed E-state index contributed by atoms with van der Waals surface area (Å²) in [7, 11) is 0. The fourth-order valence-electron chi connectivity index (χ4n) is 1.66. The average molecular weight is 271 g/mol. The minimum Gasteiger partial charge on any atom is -0.395 e. The minimum atomic E-state index is -0.452. The van der Waals surface area contributed by atoms with E-state index in [0.29, 0.717) is 30.2 Å². The number of rotatable bonds is 7. The summed E-state index contributed by atoms with van der Waals surface area (Å²) in [6, 6.07) is 4.59. The summed E-state index contributed by atoms with van der Waals surface area (Å²) in [5, 5.41) is 20.2. The Kier molecular flexibility index (Phi) is 5.77. The van der Waals surface area contributed by atoms with Crippen molar-refractivity contribution in [2.24, 2.45) is 0 Å². The van der Waals surface area contributed by atoms with Crippen molar-refractivity contribution in [3.05, 3.63) is 51.6 Å². The van der Waals surface area contributed by atoms with Crippen molar-refractivity contribution in [2.75, 3.05) is 19.7 Å². The van der Waals surface area contributed by atoms with Gasteiger partial charge in [0.15, 0.2) is 0 Å². The van der Waals surface area contributed by atoms with Gasteiger partial charge in [0, 0.05) is 25.7 Å². The van der Waals surface area contributed by atoms with Crippen molar-refractivity contribution in [1.82, 2.24) is 4.90 Å². The Labute approximate surface area is 110 Å². The van der Waals surface area contributed by atoms with Crippen LogP contribution in [0.5, 0.6) is 0 Å². The molecule has 0 atom stereocenters. The first-order valence-corrected chi connectivity index (χ1v) is 5.83. The fourth-order valence-corrected chi connectivity index (χ4v) is 1.89. The van der Waals surface area contributed by atoms with Crippen LogP contribution in [0.15, 0.2) is 30.9 Å². The molecule has 0 radical (unpaired) electrons. The second kappa shape index (κ2) is 7.10. The molecular weight excluding hydrogens is 256 g/mol. The summed E-state index contributed by atoms with van der Waals surface area (Å²) in [6.07, 6.45) is 1.68. The fraction of sp³-hybridized carbons (Fsp3) is 0.333. The molecule has 6 heteroatoms. The summed E-state index contributed by atoms with van der Waals surface area (Å²) in [5.41, 5.74) is 0.453. The molecule has 0 bridgehead atoms. The Hall–Kier alpha value is -1.43. The summed E-state index contributed by atoms with van der Waals surface area (Å²) in [5.74, 6) is 0. The summed E-state index contributed by atoms with van der Waals surface area (Å²) >= 11 is 6.00. The summed E-state index contributed by atoms with van der Waals surface area (Å²) < 4.78 is 0. The molecule has 0 spiro atoms. The predicted molar refractivity (Wildman–Crippen MR) is 70.7 cm³/mol. The van der Waals surface area contributed by atoms with Crippen molar-refractivity contribution in [3.63, 3.8) is 0 Å². The first kappa shape index (κ1) is 14.6. The molecule has 1 rings (SSSR count). The average Bonchev–Trinajstić information content (AvgIpc) is 2.32. The lowest BCUT2D eigenvalue weighted by atomic mass is 10.1. The maximum Gasteiger partial charge on any atom is 0.275 e. The van der Waals surface area contributed by atoms with E-state index in [1.807, 2.05) is 4.90 Å². The van der Waals surface area contributed by atoms with Gasteiger partial charge in [-0.15, -0.1) is 6.58 Å². The van der Waals surface area contributed by atoms with Crippen molar-refractivity contribution in [2.45, 2.75) is 6.54 Å². The Morgan fingerprint density at radius 3 is 2.83 bits per heavy atom. The van der Waals surface area contributed by atoms with Gasteiger partial charge < -0.3 is 5.11 Å². The van der Waals surface area contributed by atoms with E-state index in [4.69, 9.17) is 16.7 Å². The molecular formula is C12H15ClN2O3. The number of aliphatic hydroxyl groups is 1. The van der Waals surface area contributed by atoms with Gasteiger partial charge in [-0.05, 0) is 6.07 Å². The second-order valence-electron chi connectivity index (χ2n) is 3.74. The van der Waals surface area contributed by atoms with Gasteiger partial charge in [0.25, 0.3) is 5.69 Å². The topological polar surface area (TPSA) is 66.6 Å². The van der Waals surface area contributed by atoms with Gasteiger partial charge in [-0.25, -0.2) is 0 Å². The van der Waals surface area contributed by atoms with E-state index in [2.05, 4.69) is 6.58 Å². The third kappa shape index (κ3) is 3.80. The van der Waals surface area contributed by atoms with Crippen molar-refractivity contribution >= 4 is 17.3 Å². The molecule has 0 aliphatic rings. The molecule has 1 aromatic carbocycles. The second-order valence-corrected chi connectivity index (χ2v) is 4.15. The molecule has 0 saturated carbocycles. The highest BCUT2D eigenvalue weighted by molar-refractivity contribution is 6.31. The van der Waals surface area contributed by atoms with Crippen LogP contribution in [-0.2, 0) is 6.54 Å². The molecule has 18 heavy (non-hydrogen) atoms. The van der Waals surface area contributed by atoms with Crippen LogP contribution in [0.1, 0.15) is 5.56 Å². The lowest BCUT2D eigenvalue weighted by Gasteiger charge is -2.19. The number of benzene rings is 1. The van der Waals surface area contributed by atoms with Crippen LogP contribution in [0.4, 0.5) is 5.69 Å². The molecule has 5 nitrogen and oxygen atoms in total. The van der Waals surface area contributed by atoms with Crippen molar-refractivity contribution in [1.29, 1.82) is 0 Å². The summed E-state index contributed by atoms with van der Waals surface area (Å²) in [6.45, 7) is 4.84. The first-order chi connectivity index (χ1) is 8.60. The maximum absolute atomic E-state index is 10.9. The van der Waals surface area contributed by atoms with E-state index in [9.17, 15) is 10.1 Å². The molecule has 0 aliphatic heterocycles. The van der Waals surface area contributed by atoms with Crippen LogP contribution < -0.4 is 0 Å². The molecule has 0 aromatic heterocycles. The van der Waals surface area contributed by atoms with Gasteiger partial charge in [0.05, 0.1) is 22.1 Å². The molecule has 0 unspecified atom stereocenters.